The van der Waals surface area contributed by atoms with E-state index in [1.165, 1.54) is 20.0 Å². The molecule has 1 fully saturated rings. The number of para-hydroxylation sites is 1. The van der Waals surface area contributed by atoms with E-state index in [9.17, 15) is 4.79 Å². The molecule has 0 aromatic heterocycles. The number of hydrogen-bond donors (Lipinski definition) is 0. The minimum Gasteiger partial charge on any atom is -0.487 e. The first-order chi connectivity index (χ1) is 8.63. The lowest BCUT2D eigenvalue weighted by atomic mass is 10.0. The summed E-state index contributed by atoms with van der Waals surface area (Å²) in [5.74, 6) is 0.579. The van der Waals surface area contributed by atoms with E-state index in [4.69, 9.17) is 9.47 Å². The average molecular weight is 248 g/mol. The van der Waals surface area contributed by atoms with Crippen molar-refractivity contribution in [3.63, 3.8) is 0 Å². The maximum atomic E-state index is 11.4. The lowest BCUT2D eigenvalue weighted by molar-refractivity contribution is -0.139. The van der Waals surface area contributed by atoms with E-state index < -0.39 is 0 Å². The number of benzene rings is 1. The van der Waals surface area contributed by atoms with Gasteiger partial charge in [0.25, 0.3) is 0 Å². The van der Waals surface area contributed by atoms with Gasteiger partial charge in [0.15, 0.2) is 0 Å². The molecule has 0 aliphatic heterocycles. The summed E-state index contributed by atoms with van der Waals surface area (Å²) in [6.07, 6.45) is 4.87. The monoisotopic (exact) mass is 248 g/mol. The highest BCUT2D eigenvalue weighted by molar-refractivity contribution is 5.73. The third-order valence-corrected chi connectivity index (χ3v) is 3.55. The summed E-state index contributed by atoms with van der Waals surface area (Å²) in [6.45, 7) is 2.15. The van der Waals surface area contributed by atoms with Crippen LogP contribution in [-0.4, -0.2) is 18.7 Å². The van der Waals surface area contributed by atoms with E-state index in [0.29, 0.717) is 0 Å². The Morgan fingerprint density at radius 3 is 2.61 bits per heavy atom. The second-order valence-corrected chi connectivity index (χ2v) is 5.12. The molecule has 3 nitrogen and oxygen atoms in total. The highest BCUT2D eigenvalue weighted by Crippen LogP contribution is 2.35. The second kappa shape index (κ2) is 5.42. The lowest BCUT2D eigenvalue weighted by Gasteiger charge is -2.27. The van der Waals surface area contributed by atoms with Crippen LogP contribution in [0.1, 0.15) is 38.2 Å². The first kappa shape index (κ1) is 12.9. The first-order valence-corrected chi connectivity index (χ1v) is 6.47. The number of esters is 1. The van der Waals surface area contributed by atoms with Gasteiger partial charge >= 0.3 is 5.97 Å². The van der Waals surface area contributed by atoms with Gasteiger partial charge in [-0.3, -0.25) is 4.79 Å². The zero-order valence-corrected chi connectivity index (χ0v) is 11.1. The summed E-state index contributed by atoms with van der Waals surface area (Å²) >= 11 is 0. The Kier molecular flexibility index (Phi) is 3.90. The Hall–Kier alpha value is -1.51. The average Bonchev–Trinajstić information content (AvgIpc) is 2.78. The van der Waals surface area contributed by atoms with Crippen molar-refractivity contribution < 1.29 is 14.3 Å². The second-order valence-electron chi connectivity index (χ2n) is 5.12. The van der Waals surface area contributed by atoms with Crippen LogP contribution in [0.3, 0.4) is 0 Å². The Bertz CT molecular complexity index is 420. The van der Waals surface area contributed by atoms with Gasteiger partial charge in [-0.1, -0.05) is 18.2 Å². The van der Waals surface area contributed by atoms with Gasteiger partial charge in [-0.15, -0.1) is 0 Å². The molecule has 0 spiro atoms. The molecule has 0 saturated heterocycles. The molecule has 0 atom stereocenters. The van der Waals surface area contributed by atoms with Crippen molar-refractivity contribution in [3.8, 4) is 5.75 Å². The van der Waals surface area contributed by atoms with Crippen LogP contribution in [0.25, 0.3) is 0 Å². The maximum Gasteiger partial charge on any atom is 0.310 e. The Labute approximate surface area is 108 Å². The summed E-state index contributed by atoms with van der Waals surface area (Å²) in [6, 6.07) is 7.71. The molecule has 1 aliphatic rings. The van der Waals surface area contributed by atoms with Gasteiger partial charge in [0, 0.05) is 5.56 Å². The molecule has 1 aromatic rings. The van der Waals surface area contributed by atoms with Gasteiger partial charge in [-0.05, 0) is 38.7 Å². The van der Waals surface area contributed by atoms with E-state index in [-0.39, 0.29) is 18.0 Å². The molecule has 0 N–H and O–H groups in total. The quantitative estimate of drug-likeness (QED) is 0.768. The summed E-state index contributed by atoms with van der Waals surface area (Å²) in [7, 11) is 1.41. The summed E-state index contributed by atoms with van der Waals surface area (Å²) < 4.78 is 10.8. The zero-order chi connectivity index (χ0) is 13.0. The molecule has 1 aromatic carbocycles. The summed E-state index contributed by atoms with van der Waals surface area (Å²) in [5, 5.41) is 0. The van der Waals surface area contributed by atoms with Crippen molar-refractivity contribution in [1.82, 2.24) is 0 Å². The van der Waals surface area contributed by atoms with Crippen molar-refractivity contribution in [1.29, 1.82) is 0 Å². The smallest absolute Gasteiger partial charge is 0.310 e. The van der Waals surface area contributed by atoms with E-state index in [1.807, 2.05) is 24.3 Å². The Morgan fingerprint density at radius 1 is 1.28 bits per heavy atom. The minimum atomic E-state index is -0.234. The molecule has 0 bridgehead atoms. The fraction of sp³-hybridized carbons (Fsp3) is 0.533. The molecule has 1 saturated carbocycles. The van der Waals surface area contributed by atoms with Crippen LogP contribution in [0.15, 0.2) is 24.3 Å². The third-order valence-electron chi connectivity index (χ3n) is 3.55. The fourth-order valence-corrected chi connectivity index (χ4v) is 2.47. The molecule has 3 heteroatoms. The summed E-state index contributed by atoms with van der Waals surface area (Å²) in [5.41, 5.74) is 0.823. The number of rotatable bonds is 4. The minimum absolute atomic E-state index is 0.0772. The zero-order valence-electron chi connectivity index (χ0n) is 11.1. The lowest BCUT2D eigenvalue weighted by Crippen LogP contribution is -2.28. The van der Waals surface area contributed by atoms with Crippen molar-refractivity contribution in [2.45, 2.75) is 44.6 Å². The van der Waals surface area contributed by atoms with Gasteiger partial charge in [0.05, 0.1) is 13.5 Å². The van der Waals surface area contributed by atoms with E-state index in [0.717, 1.165) is 24.2 Å². The molecule has 0 radical (unpaired) electrons. The standard InChI is InChI=1S/C15H20O3/c1-15(9-5-6-10-15)18-13-8-4-3-7-12(13)11-14(16)17-2/h3-4,7-8H,5-6,9-11H2,1-2H3. The van der Waals surface area contributed by atoms with Crippen molar-refractivity contribution in [2.75, 3.05) is 7.11 Å². The van der Waals surface area contributed by atoms with Gasteiger partial charge in [-0.2, -0.15) is 0 Å². The fourth-order valence-electron chi connectivity index (χ4n) is 2.47. The molecule has 0 unspecified atom stereocenters. The largest absolute Gasteiger partial charge is 0.487 e. The number of ether oxygens (including phenoxy) is 2. The topological polar surface area (TPSA) is 35.5 Å². The Balaban J connectivity index is 2.14. The predicted octanol–water partition coefficient (Wildman–Crippen LogP) is 3.11. The first-order valence-electron chi connectivity index (χ1n) is 6.47. The van der Waals surface area contributed by atoms with Gasteiger partial charge in [0.1, 0.15) is 11.4 Å². The van der Waals surface area contributed by atoms with Crippen LogP contribution in [0.2, 0.25) is 0 Å². The third kappa shape index (κ3) is 3.03. The van der Waals surface area contributed by atoms with Crippen LogP contribution in [0.5, 0.6) is 5.75 Å². The highest BCUT2D eigenvalue weighted by Gasteiger charge is 2.31. The number of methoxy groups -OCH3 is 1. The molecule has 2 rings (SSSR count). The predicted molar refractivity (Wildman–Crippen MR) is 69.7 cm³/mol. The normalized spacial score (nSPS) is 17.4. The van der Waals surface area contributed by atoms with Crippen LogP contribution in [0, 0.1) is 0 Å². The Morgan fingerprint density at radius 2 is 1.94 bits per heavy atom. The highest BCUT2D eigenvalue weighted by atomic mass is 16.5. The molecule has 0 heterocycles. The summed E-state index contributed by atoms with van der Waals surface area (Å²) in [4.78, 5) is 11.4. The van der Waals surface area contributed by atoms with Crippen LogP contribution < -0.4 is 4.74 Å². The maximum absolute atomic E-state index is 11.4. The molecule has 98 valence electrons. The van der Waals surface area contributed by atoms with Crippen LogP contribution >= 0.6 is 0 Å². The molecule has 1 aliphatic carbocycles. The van der Waals surface area contributed by atoms with Crippen molar-refractivity contribution in [2.24, 2.45) is 0 Å². The van der Waals surface area contributed by atoms with Crippen LogP contribution in [0.4, 0.5) is 0 Å². The molecular weight excluding hydrogens is 228 g/mol. The molecule has 18 heavy (non-hydrogen) atoms. The SMILES string of the molecule is COC(=O)Cc1ccccc1OC1(C)CCCC1. The van der Waals surface area contributed by atoms with E-state index >= 15 is 0 Å². The number of carbonyl (C=O) groups is 1. The number of carbonyl (C=O) groups excluding carboxylic acids is 1. The molecule has 0 amide bonds. The van der Waals surface area contributed by atoms with Gasteiger partial charge in [0.2, 0.25) is 0 Å². The van der Waals surface area contributed by atoms with E-state index in [2.05, 4.69) is 6.92 Å². The van der Waals surface area contributed by atoms with E-state index in [1.54, 1.807) is 0 Å². The molecular formula is C15H20O3. The van der Waals surface area contributed by atoms with Gasteiger partial charge in [-0.25, -0.2) is 0 Å². The van der Waals surface area contributed by atoms with Crippen LogP contribution in [-0.2, 0) is 16.0 Å². The van der Waals surface area contributed by atoms with Gasteiger partial charge < -0.3 is 9.47 Å². The van der Waals surface area contributed by atoms with Crippen molar-refractivity contribution >= 4 is 5.97 Å². The number of hydrogen-bond acceptors (Lipinski definition) is 3. The van der Waals surface area contributed by atoms with Crippen molar-refractivity contribution in [3.05, 3.63) is 29.8 Å².